The summed E-state index contributed by atoms with van der Waals surface area (Å²) >= 11 is 3.38. The summed E-state index contributed by atoms with van der Waals surface area (Å²) in [7, 11) is 0. The molecule has 0 fully saturated rings. The molecule has 0 saturated heterocycles. The molecule has 0 aliphatic rings. The van der Waals surface area contributed by atoms with Gasteiger partial charge in [-0.1, -0.05) is 54.0 Å². The molecular weight excluding hydrogens is 368 g/mol. The van der Waals surface area contributed by atoms with Gasteiger partial charge in [-0.15, -0.1) is 0 Å². The lowest BCUT2D eigenvalue weighted by Gasteiger charge is -2.10. The summed E-state index contributed by atoms with van der Waals surface area (Å²) in [6.45, 7) is 4.28. The van der Waals surface area contributed by atoms with Crippen LogP contribution in [0.15, 0.2) is 58.1 Å². The zero-order valence-corrected chi connectivity index (χ0v) is 15.4. The van der Waals surface area contributed by atoms with Gasteiger partial charge in [-0.25, -0.2) is 5.43 Å². The van der Waals surface area contributed by atoms with Crippen molar-refractivity contribution in [3.05, 3.63) is 64.1 Å². The Morgan fingerprint density at radius 1 is 1.29 bits per heavy atom. The van der Waals surface area contributed by atoms with Crippen LogP contribution in [0.2, 0.25) is 0 Å². The van der Waals surface area contributed by atoms with Crippen molar-refractivity contribution in [1.82, 2.24) is 5.43 Å². The van der Waals surface area contributed by atoms with E-state index < -0.39 is 0 Å². The molecule has 0 aliphatic heterocycles. The first-order chi connectivity index (χ1) is 11.6. The molecule has 0 aliphatic carbocycles. The summed E-state index contributed by atoms with van der Waals surface area (Å²) in [6.07, 6.45) is 2.68. The number of halogens is 1. The number of hydrogen-bond donors (Lipinski definition) is 1. The van der Waals surface area contributed by atoms with Crippen LogP contribution in [0.3, 0.4) is 0 Å². The van der Waals surface area contributed by atoms with E-state index >= 15 is 0 Å². The Kier molecular flexibility index (Phi) is 7.00. The summed E-state index contributed by atoms with van der Waals surface area (Å²) in [5.74, 6) is 0.898. The van der Waals surface area contributed by atoms with Gasteiger partial charge in [0.1, 0.15) is 5.75 Å². The molecule has 0 radical (unpaired) electrons. The number of ether oxygens (including phenoxy) is 1. The van der Waals surface area contributed by atoms with Crippen molar-refractivity contribution < 1.29 is 9.53 Å². The molecule has 0 aromatic heterocycles. The third-order valence-corrected chi connectivity index (χ3v) is 4.18. The molecule has 0 saturated carbocycles. The van der Waals surface area contributed by atoms with Gasteiger partial charge in [0, 0.05) is 4.47 Å². The number of hydrazone groups is 1. The Balaban J connectivity index is 1.78. The van der Waals surface area contributed by atoms with E-state index in [-0.39, 0.29) is 12.5 Å². The maximum atomic E-state index is 11.7. The molecule has 1 N–H and O–H groups in total. The van der Waals surface area contributed by atoms with E-state index in [4.69, 9.17) is 4.74 Å². The fourth-order valence-electron chi connectivity index (χ4n) is 2.08. The SMILES string of the molecule is CCC(C)c1ccc(OCC(=O)NN=Cc2cccc(Br)c2)cc1. The van der Waals surface area contributed by atoms with Gasteiger partial charge in [-0.05, 0) is 47.7 Å². The van der Waals surface area contributed by atoms with Gasteiger partial charge >= 0.3 is 0 Å². The normalized spacial score (nSPS) is 12.1. The standard InChI is InChI=1S/C19H21BrN2O2/c1-3-14(2)16-7-9-18(10-8-16)24-13-19(23)22-21-12-15-5-4-6-17(20)11-15/h4-12,14H,3,13H2,1-2H3,(H,22,23). The second-order valence-corrected chi connectivity index (χ2v) is 6.43. The first-order valence-electron chi connectivity index (χ1n) is 7.88. The number of amides is 1. The highest BCUT2D eigenvalue weighted by molar-refractivity contribution is 9.10. The van der Waals surface area contributed by atoms with Crippen molar-refractivity contribution in [3.63, 3.8) is 0 Å². The highest BCUT2D eigenvalue weighted by Crippen LogP contribution is 2.21. The van der Waals surface area contributed by atoms with Gasteiger partial charge in [0.15, 0.2) is 6.61 Å². The van der Waals surface area contributed by atoms with Crippen LogP contribution in [0.4, 0.5) is 0 Å². The molecule has 24 heavy (non-hydrogen) atoms. The summed E-state index contributed by atoms with van der Waals surface area (Å²) in [4.78, 5) is 11.7. The van der Waals surface area contributed by atoms with E-state index in [1.54, 1.807) is 6.21 Å². The average molecular weight is 389 g/mol. The van der Waals surface area contributed by atoms with Crippen molar-refractivity contribution in [2.24, 2.45) is 5.10 Å². The lowest BCUT2D eigenvalue weighted by molar-refractivity contribution is -0.123. The molecule has 126 valence electrons. The number of carbonyl (C=O) groups is 1. The van der Waals surface area contributed by atoms with E-state index in [1.807, 2.05) is 48.5 Å². The van der Waals surface area contributed by atoms with E-state index in [9.17, 15) is 4.79 Å². The summed E-state index contributed by atoms with van der Waals surface area (Å²) < 4.78 is 6.42. The average Bonchev–Trinajstić information content (AvgIpc) is 2.60. The summed E-state index contributed by atoms with van der Waals surface area (Å²) in [5.41, 5.74) is 4.62. The quantitative estimate of drug-likeness (QED) is 0.560. The Hall–Kier alpha value is -2.14. The van der Waals surface area contributed by atoms with Crippen LogP contribution in [0.5, 0.6) is 5.75 Å². The lowest BCUT2D eigenvalue weighted by Crippen LogP contribution is -2.24. The smallest absolute Gasteiger partial charge is 0.277 e. The Morgan fingerprint density at radius 3 is 2.71 bits per heavy atom. The van der Waals surface area contributed by atoms with Gasteiger partial charge in [0.05, 0.1) is 6.21 Å². The largest absolute Gasteiger partial charge is 0.484 e. The maximum Gasteiger partial charge on any atom is 0.277 e. The molecule has 2 aromatic carbocycles. The minimum Gasteiger partial charge on any atom is -0.484 e. The van der Waals surface area contributed by atoms with Crippen LogP contribution in [0, 0.1) is 0 Å². The molecule has 5 heteroatoms. The molecule has 2 rings (SSSR count). The van der Waals surface area contributed by atoms with Gasteiger partial charge in [-0.2, -0.15) is 5.10 Å². The Labute approximate surface area is 151 Å². The van der Waals surface area contributed by atoms with E-state index in [2.05, 4.69) is 40.3 Å². The molecule has 2 aromatic rings. The van der Waals surface area contributed by atoms with Crippen LogP contribution in [-0.2, 0) is 4.79 Å². The number of carbonyl (C=O) groups excluding carboxylic acids is 1. The molecular formula is C19H21BrN2O2. The van der Waals surface area contributed by atoms with Crippen LogP contribution in [-0.4, -0.2) is 18.7 Å². The zero-order chi connectivity index (χ0) is 17.4. The minimum atomic E-state index is -0.299. The van der Waals surface area contributed by atoms with Crippen molar-refractivity contribution in [1.29, 1.82) is 0 Å². The van der Waals surface area contributed by atoms with E-state index in [0.717, 1.165) is 16.5 Å². The fourth-order valence-corrected chi connectivity index (χ4v) is 2.49. The number of nitrogens with zero attached hydrogens (tertiary/aromatic N) is 1. The van der Waals surface area contributed by atoms with Crippen LogP contribution in [0.1, 0.15) is 37.3 Å². The minimum absolute atomic E-state index is 0.0709. The molecule has 1 atom stereocenters. The van der Waals surface area contributed by atoms with Gasteiger partial charge in [-0.3, -0.25) is 4.79 Å². The monoisotopic (exact) mass is 388 g/mol. The van der Waals surface area contributed by atoms with E-state index in [1.165, 1.54) is 5.56 Å². The molecule has 4 nitrogen and oxygen atoms in total. The highest BCUT2D eigenvalue weighted by atomic mass is 79.9. The third-order valence-electron chi connectivity index (χ3n) is 3.68. The van der Waals surface area contributed by atoms with E-state index in [0.29, 0.717) is 11.7 Å². The second-order valence-electron chi connectivity index (χ2n) is 5.52. The van der Waals surface area contributed by atoms with Crippen LogP contribution < -0.4 is 10.2 Å². The lowest BCUT2D eigenvalue weighted by atomic mass is 9.99. The number of benzene rings is 2. The number of nitrogens with one attached hydrogen (secondary N) is 1. The number of hydrogen-bond acceptors (Lipinski definition) is 3. The van der Waals surface area contributed by atoms with Gasteiger partial charge < -0.3 is 4.74 Å². The molecule has 0 spiro atoms. The molecule has 0 heterocycles. The first kappa shape index (κ1) is 18.2. The van der Waals surface area contributed by atoms with Crippen LogP contribution in [0.25, 0.3) is 0 Å². The predicted molar refractivity (Wildman–Crippen MR) is 101 cm³/mol. The van der Waals surface area contributed by atoms with Crippen LogP contribution >= 0.6 is 15.9 Å². The van der Waals surface area contributed by atoms with Crippen molar-refractivity contribution in [3.8, 4) is 5.75 Å². The zero-order valence-electron chi connectivity index (χ0n) is 13.8. The fraction of sp³-hybridized carbons (Fsp3) is 0.263. The van der Waals surface area contributed by atoms with Gasteiger partial charge in [0.25, 0.3) is 5.91 Å². The Bertz CT molecular complexity index is 699. The first-order valence-corrected chi connectivity index (χ1v) is 8.68. The predicted octanol–water partition coefficient (Wildman–Crippen LogP) is 4.49. The maximum absolute atomic E-state index is 11.7. The third kappa shape index (κ3) is 5.81. The number of rotatable bonds is 7. The van der Waals surface area contributed by atoms with Crippen molar-refractivity contribution in [2.75, 3.05) is 6.61 Å². The van der Waals surface area contributed by atoms with Crippen molar-refractivity contribution in [2.45, 2.75) is 26.2 Å². The Morgan fingerprint density at radius 2 is 2.04 bits per heavy atom. The molecule has 1 amide bonds. The second kappa shape index (κ2) is 9.23. The topological polar surface area (TPSA) is 50.7 Å². The van der Waals surface area contributed by atoms with Gasteiger partial charge in [0.2, 0.25) is 0 Å². The molecule has 1 unspecified atom stereocenters. The summed E-state index contributed by atoms with van der Waals surface area (Å²) in [6, 6.07) is 15.5. The summed E-state index contributed by atoms with van der Waals surface area (Å²) in [5, 5.41) is 3.92. The van der Waals surface area contributed by atoms with Crippen molar-refractivity contribution >= 4 is 28.1 Å². The molecule has 0 bridgehead atoms. The highest BCUT2D eigenvalue weighted by Gasteiger charge is 2.04.